The highest BCUT2D eigenvalue weighted by atomic mass is 32.1. The first-order chi connectivity index (χ1) is 10.0. The number of carbonyl (C=O) groups excluding carboxylic acids is 1. The molecular formula is C13H19N5OS2. The molecule has 114 valence electrons. The fraction of sp³-hybridized carbons (Fsp3) is 0.462. The Labute approximate surface area is 132 Å². The molecule has 8 heteroatoms. The molecule has 2 aromatic heterocycles. The standard InChI is InChI=1S/C13H19N5OS2/c1-4-5-18(3)13-17-11(14)10(21-13)12(19)16-7-9-6-15-8(2)20-9/h6H,4-5,7,14H2,1-3H3,(H,16,19). The number of nitrogen functional groups attached to an aromatic ring is 1. The molecule has 6 nitrogen and oxygen atoms in total. The largest absolute Gasteiger partial charge is 0.382 e. The van der Waals surface area contributed by atoms with Crippen molar-refractivity contribution in [1.29, 1.82) is 0 Å². The maximum Gasteiger partial charge on any atom is 0.265 e. The van der Waals surface area contributed by atoms with Crippen LogP contribution < -0.4 is 16.0 Å². The van der Waals surface area contributed by atoms with Gasteiger partial charge in [-0.3, -0.25) is 4.79 Å². The number of rotatable bonds is 6. The van der Waals surface area contributed by atoms with Gasteiger partial charge in [0.1, 0.15) is 10.7 Å². The van der Waals surface area contributed by atoms with Crippen molar-refractivity contribution in [1.82, 2.24) is 15.3 Å². The summed E-state index contributed by atoms with van der Waals surface area (Å²) in [5.74, 6) is 0.100. The first kappa shape index (κ1) is 15.7. The number of hydrogen-bond donors (Lipinski definition) is 2. The Morgan fingerprint density at radius 1 is 1.48 bits per heavy atom. The van der Waals surface area contributed by atoms with Crippen LogP contribution >= 0.6 is 22.7 Å². The number of aromatic nitrogens is 2. The van der Waals surface area contributed by atoms with Crippen molar-refractivity contribution in [3.63, 3.8) is 0 Å². The fourth-order valence-electron chi connectivity index (χ4n) is 1.81. The number of thiazole rings is 2. The summed E-state index contributed by atoms with van der Waals surface area (Å²) in [5, 5.41) is 4.61. The van der Waals surface area contributed by atoms with Crippen LogP contribution in [-0.2, 0) is 6.54 Å². The highest BCUT2D eigenvalue weighted by molar-refractivity contribution is 7.18. The van der Waals surface area contributed by atoms with E-state index < -0.39 is 0 Å². The number of carbonyl (C=O) groups is 1. The number of anilines is 2. The Morgan fingerprint density at radius 2 is 2.24 bits per heavy atom. The summed E-state index contributed by atoms with van der Waals surface area (Å²) < 4.78 is 0. The number of nitrogens with two attached hydrogens (primary N) is 1. The topological polar surface area (TPSA) is 84.1 Å². The molecule has 0 aliphatic carbocycles. The minimum Gasteiger partial charge on any atom is -0.382 e. The van der Waals surface area contributed by atoms with E-state index in [-0.39, 0.29) is 11.7 Å². The second-order valence-electron chi connectivity index (χ2n) is 4.66. The number of amides is 1. The molecule has 2 heterocycles. The molecule has 0 fully saturated rings. The highest BCUT2D eigenvalue weighted by Gasteiger charge is 2.17. The van der Waals surface area contributed by atoms with Crippen molar-refractivity contribution in [3.05, 3.63) is 21.0 Å². The van der Waals surface area contributed by atoms with E-state index in [1.165, 1.54) is 11.3 Å². The van der Waals surface area contributed by atoms with E-state index in [9.17, 15) is 4.79 Å². The predicted octanol–water partition coefficient (Wildman–Crippen LogP) is 2.27. The first-order valence-corrected chi connectivity index (χ1v) is 8.31. The summed E-state index contributed by atoms with van der Waals surface area (Å²) in [6, 6.07) is 0. The summed E-state index contributed by atoms with van der Waals surface area (Å²) in [4.78, 5) is 24.1. The highest BCUT2D eigenvalue weighted by Crippen LogP contribution is 2.27. The fourth-order valence-corrected chi connectivity index (χ4v) is 3.44. The Morgan fingerprint density at radius 3 is 2.86 bits per heavy atom. The minimum atomic E-state index is -0.188. The lowest BCUT2D eigenvalue weighted by molar-refractivity contribution is 0.0956. The third kappa shape index (κ3) is 3.92. The van der Waals surface area contributed by atoms with E-state index in [0.29, 0.717) is 11.4 Å². The third-order valence-corrected chi connectivity index (χ3v) is 4.92. The molecule has 0 aliphatic rings. The molecule has 0 aromatic carbocycles. The maximum absolute atomic E-state index is 12.2. The quantitative estimate of drug-likeness (QED) is 0.851. The minimum absolute atomic E-state index is 0.188. The van der Waals surface area contributed by atoms with Crippen LogP contribution in [0.25, 0.3) is 0 Å². The van der Waals surface area contributed by atoms with Gasteiger partial charge in [0.25, 0.3) is 5.91 Å². The molecule has 0 radical (unpaired) electrons. The van der Waals surface area contributed by atoms with E-state index >= 15 is 0 Å². The average molecular weight is 325 g/mol. The summed E-state index contributed by atoms with van der Waals surface area (Å²) in [6.45, 7) is 5.38. The van der Waals surface area contributed by atoms with Crippen LogP contribution in [0.4, 0.5) is 10.9 Å². The van der Waals surface area contributed by atoms with E-state index in [1.807, 2.05) is 18.9 Å². The molecule has 0 bridgehead atoms. The molecule has 0 saturated heterocycles. The molecule has 2 aromatic rings. The maximum atomic E-state index is 12.2. The van der Waals surface area contributed by atoms with Gasteiger partial charge in [0, 0.05) is 24.7 Å². The zero-order valence-corrected chi connectivity index (χ0v) is 14.0. The molecule has 0 saturated carbocycles. The molecule has 1 amide bonds. The van der Waals surface area contributed by atoms with Gasteiger partial charge in [-0.15, -0.1) is 11.3 Å². The molecular weight excluding hydrogens is 306 g/mol. The van der Waals surface area contributed by atoms with Crippen molar-refractivity contribution in [2.75, 3.05) is 24.2 Å². The van der Waals surface area contributed by atoms with Gasteiger partial charge >= 0.3 is 0 Å². The van der Waals surface area contributed by atoms with Crippen molar-refractivity contribution in [3.8, 4) is 0 Å². The molecule has 0 unspecified atom stereocenters. The Balaban J connectivity index is 2.02. The monoisotopic (exact) mass is 325 g/mol. The third-order valence-electron chi connectivity index (χ3n) is 2.83. The predicted molar refractivity (Wildman–Crippen MR) is 88.1 cm³/mol. The summed E-state index contributed by atoms with van der Waals surface area (Å²) in [5.41, 5.74) is 5.85. The zero-order valence-electron chi connectivity index (χ0n) is 12.3. The number of nitrogens with zero attached hydrogens (tertiary/aromatic N) is 3. The van der Waals surface area contributed by atoms with Crippen LogP contribution in [0.2, 0.25) is 0 Å². The van der Waals surface area contributed by atoms with Gasteiger partial charge in [0.15, 0.2) is 5.13 Å². The van der Waals surface area contributed by atoms with Crippen LogP contribution in [0.5, 0.6) is 0 Å². The lowest BCUT2D eigenvalue weighted by atomic mass is 10.4. The Kier molecular flexibility index (Phi) is 5.13. The molecule has 0 atom stereocenters. The number of nitrogens with one attached hydrogen (secondary N) is 1. The van der Waals surface area contributed by atoms with Gasteiger partial charge in [0.2, 0.25) is 0 Å². The van der Waals surface area contributed by atoms with Crippen LogP contribution in [0.1, 0.15) is 32.9 Å². The molecule has 0 aliphatic heterocycles. The summed E-state index contributed by atoms with van der Waals surface area (Å²) in [7, 11) is 1.95. The second-order valence-corrected chi connectivity index (χ2v) is 6.96. The van der Waals surface area contributed by atoms with Gasteiger partial charge in [-0.2, -0.15) is 0 Å². The van der Waals surface area contributed by atoms with Crippen LogP contribution in [0.3, 0.4) is 0 Å². The van der Waals surface area contributed by atoms with Crippen molar-refractivity contribution >= 4 is 39.5 Å². The van der Waals surface area contributed by atoms with Gasteiger partial charge in [-0.25, -0.2) is 9.97 Å². The average Bonchev–Trinajstić information content (AvgIpc) is 3.02. The number of aryl methyl sites for hydroxylation is 1. The lowest BCUT2D eigenvalue weighted by Gasteiger charge is -2.13. The normalized spacial score (nSPS) is 10.6. The van der Waals surface area contributed by atoms with E-state index in [0.717, 1.165) is 28.0 Å². The smallest absolute Gasteiger partial charge is 0.265 e. The van der Waals surface area contributed by atoms with Crippen molar-refractivity contribution in [2.24, 2.45) is 0 Å². The lowest BCUT2D eigenvalue weighted by Crippen LogP contribution is -2.22. The van der Waals surface area contributed by atoms with E-state index in [4.69, 9.17) is 5.73 Å². The van der Waals surface area contributed by atoms with Gasteiger partial charge in [-0.1, -0.05) is 18.3 Å². The van der Waals surface area contributed by atoms with Crippen LogP contribution in [0, 0.1) is 6.92 Å². The molecule has 21 heavy (non-hydrogen) atoms. The van der Waals surface area contributed by atoms with Gasteiger partial charge in [0.05, 0.1) is 11.6 Å². The molecule has 3 N–H and O–H groups in total. The Bertz CT molecular complexity index is 622. The molecule has 2 rings (SSSR count). The Hall–Kier alpha value is -1.67. The summed E-state index contributed by atoms with van der Waals surface area (Å²) >= 11 is 2.89. The molecule has 0 spiro atoms. The van der Waals surface area contributed by atoms with E-state index in [1.54, 1.807) is 17.5 Å². The zero-order chi connectivity index (χ0) is 15.4. The first-order valence-electron chi connectivity index (χ1n) is 6.68. The van der Waals surface area contributed by atoms with Crippen molar-refractivity contribution in [2.45, 2.75) is 26.8 Å². The van der Waals surface area contributed by atoms with Gasteiger partial charge in [-0.05, 0) is 13.3 Å². The SMILES string of the molecule is CCCN(C)c1nc(N)c(C(=O)NCc2cnc(C)s2)s1. The number of hydrogen-bond acceptors (Lipinski definition) is 7. The van der Waals surface area contributed by atoms with Crippen molar-refractivity contribution < 1.29 is 4.79 Å². The van der Waals surface area contributed by atoms with Gasteiger partial charge < -0.3 is 16.0 Å². The van der Waals surface area contributed by atoms with Crippen LogP contribution in [-0.4, -0.2) is 29.5 Å². The van der Waals surface area contributed by atoms with E-state index in [2.05, 4.69) is 22.2 Å². The second kappa shape index (κ2) is 6.86. The summed E-state index contributed by atoms with van der Waals surface area (Å²) in [6.07, 6.45) is 2.79. The van der Waals surface area contributed by atoms with Crippen LogP contribution in [0.15, 0.2) is 6.20 Å².